The molecule has 7 nitrogen and oxygen atoms in total. The molecule has 0 aromatic heterocycles. The molecule has 0 unspecified atom stereocenters. The van der Waals surface area contributed by atoms with Crippen LogP contribution >= 0.6 is 0 Å². The maximum Gasteiger partial charge on any atom is 0.198 e. The minimum absolute atomic E-state index is 0.0169. The number of aliphatic hydroxyl groups excluding tert-OH is 1. The lowest BCUT2D eigenvalue weighted by atomic mass is 9.71. The molecule has 2 aromatic rings. The molecule has 2 aliphatic carbocycles. The zero-order valence-electron chi connectivity index (χ0n) is 14.4. The van der Waals surface area contributed by atoms with E-state index in [1.165, 1.54) is 19.1 Å². The smallest absolute Gasteiger partial charge is 0.198 e. The Morgan fingerprint density at radius 3 is 2.11 bits per heavy atom. The summed E-state index contributed by atoms with van der Waals surface area (Å²) in [5.41, 5.74) is 4.18. The number of hydrogen-bond acceptors (Lipinski definition) is 7. The Morgan fingerprint density at radius 2 is 1.59 bits per heavy atom. The third-order valence-electron chi connectivity index (χ3n) is 5.54. The van der Waals surface area contributed by atoms with E-state index in [4.69, 9.17) is 5.73 Å². The van der Waals surface area contributed by atoms with Crippen molar-refractivity contribution in [2.24, 2.45) is 5.73 Å². The number of phenols is 2. The number of carbonyl (C=O) groups is 3. The van der Waals surface area contributed by atoms with Gasteiger partial charge in [0.1, 0.15) is 17.3 Å². The summed E-state index contributed by atoms with van der Waals surface area (Å²) in [7, 11) is 0. The quantitative estimate of drug-likeness (QED) is 0.473. The van der Waals surface area contributed by atoms with Crippen LogP contribution in [0.3, 0.4) is 0 Å². The number of nitrogens with two attached hydrogens (primary N) is 1. The van der Waals surface area contributed by atoms with Crippen LogP contribution in [0.4, 0.5) is 0 Å². The lowest BCUT2D eigenvalue weighted by molar-refractivity contribution is -0.123. The molecule has 0 saturated carbocycles. The van der Waals surface area contributed by atoms with Gasteiger partial charge in [-0.3, -0.25) is 14.4 Å². The van der Waals surface area contributed by atoms with Crippen LogP contribution in [0.1, 0.15) is 62.4 Å². The fourth-order valence-electron chi connectivity index (χ4n) is 4.02. The predicted octanol–water partition coefficient (Wildman–Crippen LogP) is 1.14. The molecule has 0 bridgehead atoms. The summed E-state index contributed by atoms with van der Waals surface area (Å²) in [4.78, 5) is 37.7. The second-order valence-corrected chi connectivity index (χ2v) is 7.15. The molecule has 0 radical (unpaired) electrons. The van der Waals surface area contributed by atoms with Gasteiger partial charge in [-0.2, -0.15) is 0 Å². The fraction of sp³-hybridized carbons (Fsp3) is 0.250. The van der Waals surface area contributed by atoms with Crippen molar-refractivity contribution in [3.8, 4) is 11.5 Å². The molecule has 0 amide bonds. The van der Waals surface area contributed by atoms with Crippen LogP contribution in [-0.2, 0) is 11.2 Å². The maximum atomic E-state index is 12.9. The molecule has 138 valence electrons. The molecular weight excluding hydrogens is 350 g/mol. The van der Waals surface area contributed by atoms with Crippen LogP contribution < -0.4 is 5.73 Å². The van der Waals surface area contributed by atoms with E-state index in [1.54, 1.807) is 12.1 Å². The summed E-state index contributed by atoms with van der Waals surface area (Å²) >= 11 is 0. The van der Waals surface area contributed by atoms with E-state index in [0.29, 0.717) is 0 Å². The molecule has 0 aliphatic heterocycles. The van der Waals surface area contributed by atoms with Crippen molar-refractivity contribution in [1.82, 2.24) is 0 Å². The molecular formula is C20H17NO6. The van der Waals surface area contributed by atoms with Crippen molar-refractivity contribution in [3.05, 3.63) is 57.6 Å². The van der Waals surface area contributed by atoms with E-state index >= 15 is 0 Å². The van der Waals surface area contributed by atoms with Gasteiger partial charge in [-0.15, -0.1) is 0 Å². The predicted molar refractivity (Wildman–Crippen MR) is 94.0 cm³/mol. The summed E-state index contributed by atoms with van der Waals surface area (Å²) in [6, 6.07) is 6.11. The summed E-state index contributed by atoms with van der Waals surface area (Å²) in [5.74, 6) is -2.69. The van der Waals surface area contributed by atoms with Gasteiger partial charge in [0.2, 0.25) is 0 Å². The molecule has 2 atom stereocenters. The summed E-state index contributed by atoms with van der Waals surface area (Å²) in [6.07, 6.45) is -1.69. The highest BCUT2D eigenvalue weighted by atomic mass is 16.3. The fourth-order valence-corrected chi connectivity index (χ4v) is 4.02. The van der Waals surface area contributed by atoms with E-state index < -0.39 is 40.5 Å². The molecule has 7 heteroatoms. The molecule has 2 aromatic carbocycles. The van der Waals surface area contributed by atoms with Gasteiger partial charge in [-0.25, -0.2) is 0 Å². The third-order valence-corrected chi connectivity index (χ3v) is 5.54. The van der Waals surface area contributed by atoms with Crippen LogP contribution in [0.15, 0.2) is 24.3 Å². The SMILES string of the molecule is CC(=O)[C@]1(N)Cc2c(O)c3c(c(O)c2[C@H](O)C1)C(=O)c1ccccc1C3=O. The highest BCUT2D eigenvalue weighted by Crippen LogP contribution is 2.49. The van der Waals surface area contributed by atoms with Crippen molar-refractivity contribution < 1.29 is 29.7 Å². The number of hydrogen-bond donors (Lipinski definition) is 4. The van der Waals surface area contributed by atoms with E-state index in [2.05, 4.69) is 0 Å². The Hall–Kier alpha value is -3.03. The van der Waals surface area contributed by atoms with E-state index in [0.717, 1.165) is 0 Å². The van der Waals surface area contributed by atoms with Crippen molar-refractivity contribution in [3.63, 3.8) is 0 Å². The molecule has 4 rings (SSSR count). The molecule has 0 spiro atoms. The van der Waals surface area contributed by atoms with Crippen molar-refractivity contribution in [1.29, 1.82) is 0 Å². The molecule has 5 N–H and O–H groups in total. The Bertz CT molecular complexity index is 1060. The minimum Gasteiger partial charge on any atom is -0.507 e. The number of rotatable bonds is 1. The van der Waals surface area contributed by atoms with E-state index in [1.807, 2.05) is 0 Å². The van der Waals surface area contributed by atoms with Gasteiger partial charge in [-0.05, 0) is 6.92 Å². The number of aromatic hydroxyl groups is 2. The molecule has 0 saturated heterocycles. The van der Waals surface area contributed by atoms with Gasteiger partial charge in [0, 0.05) is 35.1 Å². The van der Waals surface area contributed by atoms with Crippen LogP contribution in [0.5, 0.6) is 11.5 Å². The Morgan fingerprint density at radius 1 is 1.07 bits per heavy atom. The van der Waals surface area contributed by atoms with Gasteiger partial charge >= 0.3 is 0 Å². The van der Waals surface area contributed by atoms with Crippen molar-refractivity contribution in [2.75, 3.05) is 0 Å². The normalized spacial score (nSPS) is 23.4. The number of carbonyl (C=O) groups excluding carboxylic acids is 3. The topological polar surface area (TPSA) is 138 Å². The second kappa shape index (κ2) is 5.48. The van der Waals surface area contributed by atoms with Crippen molar-refractivity contribution in [2.45, 2.75) is 31.4 Å². The van der Waals surface area contributed by atoms with Crippen molar-refractivity contribution >= 4 is 17.3 Å². The highest BCUT2D eigenvalue weighted by molar-refractivity contribution is 6.30. The van der Waals surface area contributed by atoms with E-state index in [9.17, 15) is 29.7 Å². The Kier molecular flexibility index (Phi) is 3.53. The number of ketones is 3. The van der Waals surface area contributed by atoms with Crippen LogP contribution in [0.25, 0.3) is 0 Å². The summed E-state index contributed by atoms with van der Waals surface area (Å²) in [5, 5.41) is 32.0. The maximum absolute atomic E-state index is 12.9. The zero-order valence-corrected chi connectivity index (χ0v) is 14.4. The van der Waals surface area contributed by atoms with Gasteiger partial charge in [-0.1, -0.05) is 24.3 Å². The Labute approximate surface area is 154 Å². The second-order valence-electron chi connectivity index (χ2n) is 7.15. The largest absolute Gasteiger partial charge is 0.507 e. The number of fused-ring (bicyclic) bond motifs is 3. The first kappa shape index (κ1) is 17.4. The van der Waals surface area contributed by atoms with E-state index in [-0.39, 0.29) is 46.2 Å². The molecule has 0 heterocycles. The minimum atomic E-state index is -1.44. The Balaban J connectivity index is 2.04. The number of benzene rings is 2. The molecule has 0 fully saturated rings. The van der Waals surface area contributed by atoms with Crippen LogP contribution in [0, 0.1) is 0 Å². The number of phenolic OH excluding ortho intramolecular Hbond substituents is 2. The van der Waals surface area contributed by atoms with Gasteiger partial charge in [0.05, 0.1) is 22.8 Å². The first-order chi connectivity index (χ1) is 12.7. The van der Waals surface area contributed by atoms with Crippen LogP contribution in [0.2, 0.25) is 0 Å². The van der Waals surface area contributed by atoms with Crippen LogP contribution in [-0.4, -0.2) is 38.2 Å². The molecule has 2 aliphatic rings. The number of Topliss-reactive ketones (excluding diaryl/α,β-unsaturated/α-hetero) is 1. The average Bonchev–Trinajstić information content (AvgIpc) is 2.62. The number of aliphatic hydroxyl groups is 1. The highest BCUT2D eigenvalue weighted by Gasteiger charge is 2.45. The van der Waals surface area contributed by atoms with Gasteiger partial charge < -0.3 is 21.1 Å². The third kappa shape index (κ3) is 2.19. The zero-order chi connectivity index (χ0) is 19.7. The summed E-state index contributed by atoms with van der Waals surface area (Å²) < 4.78 is 0. The van der Waals surface area contributed by atoms with Gasteiger partial charge in [0.25, 0.3) is 0 Å². The summed E-state index contributed by atoms with van der Waals surface area (Å²) in [6.45, 7) is 1.28. The lowest BCUT2D eigenvalue weighted by Gasteiger charge is -2.37. The first-order valence-electron chi connectivity index (χ1n) is 8.44. The standard InChI is InChI=1S/C20H17NO6/c1-8(22)20(21)6-11-13(12(23)7-20)19(27)15-14(18(11)26)16(24)9-4-2-3-5-10(9)17(15)25/h2-5,12,23,26-27H,6-7,21H2,1H3/t12-,20+/m1/s1. The lowest BCUT2D eigenvalue weighted by Crippen LogP contribution is -2.52. The molecule has 27 heavy (non-hydrogen) atoms. The van der Waals surface area contributed by atoms with Gasteiger partial charge in [0.15, 0.2) is 11.6 Å². The monoisotopic (exact) mass is 367 g/mol. The average molecular weight is 367 g/mol. The first-order valence-corrected chi connectivity index (χ1v) is 8.44.